The number of methoxy groups -OCH3 is 1. The number of rotatable bonds is 21. The van der Waals surface area contributed by atoms with Gasteiger partial charge in [0.1, 0.15) is 5.75 Å². The summed E-state index contributed by atoms with van der Waals surface area (Å²) >= 11 is 0. The first-order valence-corrected chi connectivity index (χ1v) is 27.8. The third-order valence-corrected chi connectivity index (χ3v) is 18.2. The predicted molar refractivity (Wildman–Crippen MR) is 272 cm³/mol. The van der Waals surface area contributed by atoms with Gasteiger partial charge in [-0.25, -0.2) is 19.6 Å². The summed E-state index contributed by atoms with van der Waals surface area (Å²) in [6.45, 7) is 26.7. The Hall–Kier alpha value is -3.05. The van der Waals surface area contributed by atoms with Crippen molar-refractivity contribution in [2.45, 2.75) is 181 Å². The lowest BCUT2D eigenvalue weighted by Gasteiger charge is -2.60. The Morgan fingerprint density at radius 3 is 1.56 bits per heavy atom. The van der Waals surface area contributed by atoms with Crippen LogP contribution < -0.4 is 20.7 Å². The van der Waals surface area contributed by atoms with Gasteiger partial charge in [0.05, 0.1) is 20.3 Å². The average Bonchev–Trinajstić information content (AvgIpc) is 3.74. The maximum Gasteiger partial charge on any atom is 0.233 e. The molecule has 16 atom stereocenters. The fourth-order valence-electron chi connectivity index (χ4n) is 14.2. The smallest absolute Gasteiger partial charge is 0.233 e. The monoisotopic (exact) mass is 1020 g/mol. The molecule has 10 fully saturated rings. The Bertz CT molecular complexity index is 2070. The SMILES string of the molecule is COc1ccc(Nc2nc(NCCN(CCO[C@H]3O[C@@H]4O[C@@]5(C)CC[C@H]6[C@H](C)CC[C@@H]([C@H]3C)[C@@]46OO5)CCO[C@H]3O[C@@H]4O[C@@]5(C)CC[C@H]6[C@H](C)CC[C@@H]([C@H]3C)[C@@]46OO5)nc(NCCN(C(C)C)C(C)C)n2)cc1. The molecule has 2 aliphatic carbocycles. The summed E-state index contributed by atoms with van der Waals surface area (Å²) < 4.78 is 45.9. The molecule has 1 aromatic carbocycles. The Morgan fingerprint density at radius 2 is 1.08 bits per heavy atom. The number of hydrogen-bond donors (Lipinski definition) is 3. The molecule has 2 aromatic rings. The zero-order valence-corrected chi connectivity index (χ0v) is 45.4. The van der Waals surface area contributed by atoms with Crippen LogP contribution in [0.15, 0.2) is 24.3 Å². The number of aromatic nitrogens is 3. The van der Waals surface area contributed by atoms with E-state index in [0.717, 1.165) is 69.3 Å². The van der Waals surface area contributed by atoms with E-state index in [0.29, 0.717) is 87.7 Å². The molecule has 8 aliphatic heterocycles. The molecule has 408 valence electrons. The van der Waals surface area contributed by atoms with E-state index in [-0.39, 0.29) is 35.5 Å². The van der Waals surface area contributed by atoms with Crippen molar-refractivity contribution in [1.29, 1.82) is 0 Å². The summed E-state index contributed by atoms with van der Waals surface area (Å²) in [5.41, 5.74) is -0.464. The van der Waals surface area contributed by atoms with E-state index in [1.54, 1.807) is 7.11 Å². The van der Waals surface area contributed by atoms with E-state index >= 15 is 0 Å². The lowest BCUT2D eigenvalue weighted by atomic mass is 9.58. The summed E-state index contributed by atoms with van der Waals surface area (Å²) in [7, 11) is 1.66. The molecule has 8 saturated heterocycles. The molecule has 2 spiro atoms. The first kappa shape index (κ1) is 53.4. The number of hydrogen-bond acceptors (Lipinski definition) is 19. The number of nitrogens with one attached hydrogen (secondary N) is 3. The van der Waals surface area contributed by atoms with Gasteiger partial charge in [-0.05, 0) is 128 Å². The van der Waals surface area contributed by atoms with Crippen molar-refractivity contribution >= 4 is 23.5 Å². The summed E-state index contributed by atoms with van der Waals surface area (Å²) in [6, 6.07) is 8.49. The van der Waals surface area contributed by atoms with Crippen LogP contribution in [0.3, 0.4) is 0 Å². The van der Waals surface area contributed by atoms with Crippen molar-refractivity contribution in [2.75, 3.05) is 75.5 Å². The largest absolute Gasteiger partial charge is 0.497 e. The van der Waals surface area contributed by atoms with Gasteiger partial charge in [0.25, 0.3) is 0 Å². The first-order chi connectivity index (χ1) is 35.0. The van der Waals surface area contributed by atoms with Gasteiger partial charge in [-0.15, -0.1) is 0 Å². The fourth-order valence-corrected chi connectivity index (χ4v) is 14.2. The van der Waals surface area contributed by atoms with Crippen LogP contribution in [0.4, 0.5) is 23.5 Å². The highest BCUT2D eigenvalue weighted by atomic mass is 17.3. The summed E-state index contributed by atoms with van der Waals surface area (Å²) in [6.07, 6.45) is 5.70. The number of benzene rings is 1. The van der Waals surface area contributed by atoms with Crippen LogP contribution in [-0.4, -0.2) is 144 Å². The van der Waals surface area contributed by atoms with Crippen molar-refractivity contribution in [1.82, 2.24) is 24.8 Å². The zero-order valence-electron chi connectivity index (χ0n) is 45.4. The maximum atomic E-state index is 6.81. The zero-order chi connectivity index (χ0) is 51.3. The van der Waals surface area contributed by atoms with Crippen LogP contribution in [0, 0.1) is 47.3 Å². The van der Waals surface area contributed by atoms with Gasteiger partial charge in [0.2, 0.25) is 29.4 Å². The van der Waals surface area contributed by atoms with E-state index in [4.69, 9.17) is 67.7 Å². The van der Waals surface area contributed by atoms with Gasteiger partial charge in [-0.2, -0.15) is 15.0 Å². The highest BCUT2D eigenvalue weighted by Crippen LogP contribution is 2.62. The number of nitrogens with zero attached hydrogens (tertiary/aromatic N) is 5. The minimum atomic E-state index is -0.852. The summed E-state index contributed by atoms with van der Waals surface area (Å²) in [5, 5.41) is 10.4. The molecule has 0 unspecified atom stereocenters. The second-order valence-electron chi connectivity index (χ2n) is 23.6. The van der Waals surface area contributed by atoms with E-state index in [2.05, 4.69) is 81.1 Å². The molecule has 3 N–H and O–H groups in total. The van der Waals surface area contributed by atoms with Crippen molar-refractivity contribution in [2.24, 2.45) is 47.3 Å². The van der Waals surface area contributed by atoms with Crippen LogP contribution in [0.25, 0.3) is 0 Å². The Labute approximate surface area is 433 Å². The molecule has 19 nitrogen and oxygen atoms in total. The highest BCUT2D eigenvalue weighted by molar-refractivity contribution is 5.56. The fraction of sp³-hybridized carbons (Fsp3) is 0.833. The van der Waals surface area contributed by atoms with E-state index in [9.17, 15) is 0 Å². The van der Waals surface area contributed by atoms with Crippen LogP contribution in [0.5, 0.6) is 5.75 Å². The van der Waals surface area contributed by atoms with Gasteiger partial charge < -0.3 is 49.1 Å². The van der Waals surface area contributed by atoms with Crippen molar-refractivity contribution in [3.05, 3.63) is 24.3 Å². The third-order valence-electron chi connectivity index (χ3n) is 18.2. The van der Waals surface area contributed by atoms with E-state index in [1.807, 2.05) is 38.1 Å². The Balaban J connectivity index is 0.830. The third kappa shape index (κ3) is 10.6. The lowest BCUT2D eigenvalue weighted by molar-refractivity contribution is -0.577. The molecule has 9 heterocycles. The molecule has 12 rings (SSSR count). The highest BCUT2D eigenvalue weighted by Gasteiger charge is 2.71. The maximum absolute atomic E-state index is 6.81. The quantitative estimate of drug-likeness (QED) is 0.101. The Morgan fingerprint density at radius 1 is 0.603 bits per heavy atom. The molecule has 4 bridgehead atoms. The predicted octanol–water partition coefficient (Wildman–Crippen LogP) is 8.32. The average molecular weight is 1020 g/mol. The van der Waals surface area contributed by atoms with Crippen molar-refractivity contribution in [3.63, 3.8) is 0 Å². The van der Waals surface area contributed by atoms with Gasteiger partial charge >= 0.3 is 0 Å². The molecule has 1 aromatic heterocycles. The Kier molecular flexibility index (Phi) is 15.9. The molecular weight excluding hydrogens is 937 g/mol. The molecular formula is C54H86N8O11. The number of ether oxygens (including phenoxy) is 7. The van der Waals surface area contributed by atoms with Gasteiger partial charge in [0, 0.05) is 93.6 Å². The van der Waals surface area contributed by atoms with Crippen LogP contribution in [0.1, 0.15) is 121 Å². The molecule has 2 saturated carbocycles. The van der Waals surface area contributed by atoms with Crippen LogP contribution >= 0.6 is 0 Å². The normalized spacial score (nSPS) is 39.5. The van der Waals surface area contributed by atoms with Gasteiger partial charge in [-0.1, -0.05) is 27.7 Å². The van der Waals surface area contributed by atoms with Crippen molar-refractivity contribution < 1.29 is 52.7 Å². The molecule has 0 amide bonds. The minimum Gasteiger partial charge on any atom is -0.497 e. The number of anilines is 4. The van der Waals surface area contributed by atoms with Crippen LogP contribution in [-0.2, 0) is 48.0 Å². The number of fused-ring (bicyclic) bond motifs is 4. The molecule has 19 heteroatoms. The van der Waals surface area contributed by atoms with Crippen LogP contribution in [0.2, 0.25) is 0 Å². The lowest BCUT2D eigenvalue weighted by Crippen LogP contribution is -2.70. The molecule has 10 aliphatic rings. The second-order valence-corrected chi connectivity index (χ2v) is 23.6. The van der Waals surface area contributed by atoms with E-state index in [1.165, 1.54) is 0 Å². The van der Waals surface area contributed by atoms with Gasteiger partial charge in [0.15, 0.2) is 36.4 Å². The standard InChI is InChI=1S/C54H86N8O11/c1-32(2)62(33(3)4)27-25-56-49-58-48(59-50(60-49)57-38-14-16-39(63-11)17-15-38)55-24-26-61(28-30-64-44-36(7)42-18-12-34(5)40-20-22-51(9)68-46(66-44)53(40,42)72-70-51)29-31-65-45-37(8)43-19-13-35(6)41-21-23-52(10)69-47(67-45)54(41,43)73-71-52/h14-17,32-37,40-47H,12-13,18-31H2,1-11H3,(H3,55,56,57,58,59,60)/t34-,35-,36-,37-,40+,41+,42+,43+,44+,45+,46-,47-,51-,52-,53-,54-/m1/s1. The summed E-state index contributed by atoms with van der Waals surface area (Å²) in [5.74, 6) is 2.45. The second kappa shape index (κ2) is 21.8. The first-order valence-electron chi connectivity index (χ1n) is 27.8. The molecule has 73 heavy (non-hydrogen) atoms. The topological polar surface area (TPSA) is 183 Å². The summed E-state index contributed by atoms with van der Waals surface area (Å²) in [4.78, 5) is 44.2. The minimum absolute atomic E-state index is 0.0688. The van der Waals surface area contributed by atoms with E-state index < -0.39 is 47.9 Å². The van der Waals surface area contributed by atoms with Gasteiger partial charge in [-0.3, -0.25) is 9.80 Å². The molecule has 0 radical (unpaired) electrons. The van der Waals surface area contributed by atoms with Crippen molar-refractivity contribution in [3.8, 4) is 5.75 Å².